The maximum Gasteiger partial charge on any atom is 0.233 e. The number of guanidine groups is 1. The second kappa shape index (κ2) is 13.6. The molecule has 0 radical (unpaired) electrons. The molecule has 3 N–H and O–H groups in total. The molecule has 1 saturated heterocycles. The Labute approximate surface area is 192 Å². The molecule has 7 nitrogen and oxygen atoms in total. The molecule has 0 bridgehead atoms. The molecule has 8 heteroatoms. The van der Waals surface area contributed by atoms with Gasteiger partial charge in [-0.25, -0.2) is 0 Å². The fraction of sp³-hybridized carbons (Fsp3) is 0.619. The van der Waals surface area contributed by atoms with Crippen molar-refractivity contribution < 1.29 is 9.53 Å². The number of amides is 1. The maximum absolute atomic E-state index is 11.5. The van der Waals surface area contributed by atoms with Gasteiger partial charge in [0.05, 0.1) is 13.1 Å². The van der Waals surface area contributed by atoms with E-state index in [-0.39, 0.29) is 29.9 Å². The first-order valence-corrected chi connectivity index (χ1v) is 10.1. The molecule has 0 atom stereocenters. The molecule has 1 aromatic carbocycles. The number of carbonyl (C=O) groups is 1. The van der Waals surface area contributed by atoms with Crippen molar-refractivity contribution in [1.29, 1.82) is 0 Å². The van der Waals surface area contributed by atoms with Crippen LogP contribution in [0.4, 0.5) is 0 Å². The number of ether oxygens (including phenoxy) is 1. The zero-order chi connectivity index (χ0) is 20.4. The van der Waals surface area contributed by atoms with E-state index < -0.39 is 0 Å². The molecule has 0 spiro atoms. The number of benzene rings is 1. The molecule has 1 heterocycles. The average molecular weight is 517 g/mol. The first-order valence-electron chi connectivity index (χ1n) is 10.1. The SMILES string of the molecule is CN=C(NCCOc1ccccc1C(C)C)NC1CCN(CC(=O)NC)CC1.I. The number of likely N-dealkylation sites (N-methyl/N-ethyl adjacent to an activating group) is 1. The number of para-hydroxylation sites is 1. The average Bonchev–Trinajstić information content (AvgIpc) is 2.71. The number of halogens is 1. The number of rotatable bonds is 8. The van der Waals surface area contributed by atoms with E-state index in [4.69, 9.17) is 4.74 Å². The first-order chi connectivity index (χ1) is 13.5. The van der Waals surface area contributed by atoms with Crippen LogP contribution in [0.2, 0.25) is 0 Å². The van der Waals surface area contributed by atoms with Crippen LogP contribution < -0.4 is 20.7 Å². The van der Waals surface area contributed by atoms with Crippen LogP contribution in [-0.4, -0.2) is 69.7 Å². The van der Waals surface area contributed by atoms with E-state index >= 15 is 0 Å². The van der Waals surface area contributed by atoms with E-state index in [1.165, 1.54) is 5.56 Å². The van der Waals surface area contributed by atoms with Crippen LogP contribution in [0.15, 0.2) is 29.3 Å². The fourth-order valence-electron chi connectivity index (χ4n) is 3.32. The van der Waals surface area contributed by atoms with Gasteiger partial charge >= 0.3 is 0 Å². The highest BCUT2D eigenvalue weighted by Crippen LogP contribution is 2.25. The highest BCUT2D eigenvalue weighted by atomic mass is 127. The number of carbonyl (C=O) groups excluding carboxylic acids is 1. The highest BCUT2D eigenvalue weighted by molar-refractivity contribution is 14.0. The summed E-state index contributed by atoms with van der Waals surface area (Å²) in [6.45, 7) is 7.91. The molecule has 1 aromatic rings. The van der Waals surface area contributed by atoms with Crippen molar-refractivity contribution in [3.8, 4) is 5.75 Å². The number of hydrogen-bond donors (Lipinski definition) is 3. The Balaban J connectivity index is 0.00000420. The monoisotopic (exact) mass is 517 g/mol. The third kappa shape index (κ3) is 8.77. The van der Waals surface area contributed by atoms with Gasteiger partial charge in [-0.2, -0.15) is 0 Å². The van der Waals surface area contributed by atoms with Crippen molar-refractivity contribution in [2.75, 3.05) is 46.9 Å². The van der Waals surface area contributed by atoms with Crippen LogP contribution in [0.3, 0.4) is 0 Å². The smallest absolute Gasteiger partial charge is 0.233 e. The Bertz CT molecular complexity index is 646. The third-order valence-electron chi connectivity index (χ3n) is 4.99. The van der Waals surface area contributed by atoms with Gasteiger partial charge in [-0.15, -0.1) is 24.0 Å². The molecule has 1 aliphatic rings. The summed E-state index contributed by atoms with van der Waals surface area (Å²) in [4.78, 5) is 18.0. The van der Waals surface area contributed by atoms with Crippen LogP contribution in [0.25, 0.3) is 0 Å². The molecule has 164 valence electrons. The van der Waals surface area contributed by atoms with E-state index in [2.05, 4.69) is 45.8 Å². The third-order valence-corrected chi connectivity index (χ3v) is 4.99. The molecular weight excluding hydrogens is 481 g/mol. The molecule has 1 amide bonds. The van der Waals surface area contributed by atoms with Crippen molar-refractivity contribution in [1.82, 2.24) is 20.9 Å². The quantitative estimate of drug-likeness (QED) is 0.213. The lowest BCUT2D eigenvalue weighted by molar-refractivity contribution is -0.122. The second-order valence-corrected chi connectivity index (χ2v) is 7.41. The fourth-order valence-corrected chi connectivity index (χ4v) is 3.32. The minimum Gasteiger partial charge on any atom is -0.491 e. The summed E-state index contributed by atoms with van der Waals surface area (Å²) in [5.41, 5.74) is 1.23. The number of nitrogens with zero attached hydrogens (tertiary/aromatic N) is 2. The van der Waals surface area contributed by atoms with Gasteiger partial charge in [0.2, 0.25) is 5.91 Å². The molecule has 0 aromatic heterocycles. The largest absolute Gasteiger partial charge is 0.491 e. The molecule has 29 heavy (non-hydrogen) atoms. The van der Waals surface area contributed by atoms with Gasteiger partial charge in [0.1, 0.15) is 12.4 Å². The zero-order valence-corrected chi connectivity index (χ0v) is 20.4. The number of piperidine rings is 1. The van der Waals surface area contributed by atoms with Crippen molar-refractivity contribution in [2.45, 2.75) is 38.6 Å². The molecule has 0 aliphatic carbocycles. The van der Waals surface area contributed by atoms with Gasteiger partial charge < -0.3 is 20.7 Å². The standard InChI is InChI=1S/C21H35N5O2.HI/c1-16(2)18-7-5-6-8-19(18)28-14-11-24-21(23-4)25-17-9-12-26(13-10-17)15-20(27)22-3;/h5-8,16-17H,9-15H2,1-4H3,(H,22,27)(H2,23,24,25);1H. The number of nitrogens with one attached hydrogen (secondary N) is 3. The van der Waals surface area contributed by atoms with Crippen LogP contribution in [0.5, 0.6) is 5.75 Å². The number of likely N-dealkylation sites (tertiary alicyclic amines) is 1. The van der Waals surface area contributed by atoms with Gasteiger partial charge in [0, 0.05) is 33.2 Å². The van der Waals surface area contributed by atoms with E-state index in [0.29, 0.717) is 31.7 Å². The summed E-state index contributed by atoms with van der Waals surface area (Å²) in [5.74, 6) is 2.26. The van der Waals surface area contributed by atoms with E-state index in [1.807, 2.05) is 18.2 Å². The Morgan fingerprint density at radius 2 is 1.97 bits per heavy atom. The Kier molecular flexibility index (Phi) is 12.0. The minimum atomic E-state index is 0. The summed E-state index contributed by atoms with van der Waals surface area (Å²) in [7, 11) is 3.46. The molecule has 0 saturated carbocycles. The van der Waals surface area contributed by atoms with Crippen LogP contribution >= 0.6 is 24.0 Å². The summed E-state index contributed by atoms with van der Waals surface area (Å²) in [6.07, 6.45) is 1.99. The molecule has 2 rings (SSSR count). The Hall–Kier alpha value is -1.55. The second-order valence-electron chi connectivity index (χ2n) is 7.41. The number of hydrogen-bond acceptors (Lipinski definition) is 4. The minimum absolute atomic E-state index is 0. The van der Waals surface area contributed by atoms with Crippen LogP contribution in [0.1, 0.15) is 38.2 Å². The summed E-state index contributed by atoms with van der Waals surface area (Å²) < 4.78 is 5.96. The van der Waals surface area contributed by atoms with Crippen molar-refractivity contribution >= 4 is 35.8 Å². The summed E-state index contributed by atoms with van der Waals surface area (Å²) in [5, 5.41) is 9.48. The molecule has 0 unspecified atom stereocenters. The predicted octanol–water partition coefficient (Wildman–Crippen LogP) is 2.18. The lowest BCUT2D eigenvalue weighted by atomic mass is 10.0. The lowest BCUT2D eigenvalue weighted by Gasteiger charge is -2.32. The Morgan fingerprint density at radius 1 is 1.28 bits per heavy atom. The summed E-state index contributed by atoms with van der Waals surface area (Å²) in [6, 6.07) is 8.56. The van der Waals surface area contributed by atoms with Gasteiger partial charge in [0.25, 0.3) is 0 Å². The maximum atomic E-state index is 11.5. The van der Waals surface area contributed by atoms with E-state index in [9.17, 15) is 4.79 Å². The topological polar surface area (TPSA) is 78.0 Å². The predicted molar refractivity (Wildman–Crippen MR) is 129 cm³/mol. The van der Waals surface area contributed by atoms with Crippen LogP contribution in [0, 0.1) is 0 Å². The zero-order valence-electron chi connectivity index (χ0n) is 18.0. The molecular formula is C21H36IN5O2. The van der Waals surface area contributed by atoms with Crippen molar-refractivity contribution in [3.05, 3.63) is 29.8 Å². The normalized spacial score (nSPS) is 15.6. The van der Waals surface area contributed by atoms with E-state index in [0.717, 1.165) is 37.6 Å². The van der Waals surface area contributed by atoms with Crippen molar-refractivity contribution in [2.24, 2.45) is 4.99 Å². The van der Waals surface area contributed by atoms with Gasteiger partial charge in [-0.3, -0.25) is 14.7 Å². The number of aliphatic imine (C=N–C) groups is 1. The Morgan fingerprint density at radius 3 is 2.59 bits per heavy atom. The van der Waals surface area contributed by atoms with E-state index in [1.54, 1.807) is 14.1 Å². The first kappa shape index (κ1) is 25.5. The highest BCUT2D eigenvalue weighted by Gasteiger charge is 2.21. The van der Waals surface area contributed by atoms with Gasteiger partial charge in [-0.1, -0.05) is 32.0 Å². The van der Waals surface area contributed by atoms with Crippen LogP contribution in [-0.2, 0) is 4.79 Å². The van der Waals surface area contributed by atoms with Crippen molar-refractivity contribution in [3.63, 3.8) is 0 Å². The summed E-state index contributed by atoms with van der Waals surface area (Å²) >= 11 is 0. The molecule has 1 fully saturated rings. The molecule has 1 aliphatic heterocycles. The van der Waals surface area contributed by atoms with Gasteiger partial charge in [0.15, 0.2) is 5.96 Å². The lowest BCUT2D eigenvalue weighted by Crippen LogP contribution is -2.50. The van der Waals surface area contributed by atoms with Gasteiger partial charge in [-0.05, 0) is 30.4 Å².